The van der Waals surface area contributed by atoms with E-state index in [1.807, 2.05) is 54.8 Å². The van der Waals surface area contributed by atoms with Crippen molar-refractivity contribution >= 4 is 47.1 Å². The molecule has 3 saturated heterocycles. The molecule has 0 aromatic heterocycles. The van der Waals surface area contributed by atoms with Crippen LogP contribution in [0.1, 0.15) is 49.7 Å². The first-order chi connectivity index (χ1) is 19.4. The van der Waals surface area contributed by atoms with Gasteiger partial charge in [0.25, 0.3) is 5.91 Å². The van der Waals surface area contributed by atoms with Gasteiger partial charge >= 0.3 is 12.2 Å². The highest BCUT2D eigenvalue weighted by Crippen LogP contribution is 2.61. The lowest BCUT2D eigenvalue weighted by atomic mass is 9.95. The Morgan fingerprint density at radius 3 is 2.00 bits per heavy atom. The number of piperazine rings is 1. The first kappa shape index (κ1) is 25.3. The number of fused-ring (bicyclic) bond motifs is 10. The highest BCUT2D eigenvalue weighted by molar-refractivity contribution is 8.00. The van der Waals surface area contributed by atoms with Gasteiger partial charge < -0.3 is 14.4 Å². The maximum atomic E-state index is 14.7. The first-order valence-electron chi connectivity index (χ1n) is 13.7. The van der Waals surface area contributed by atoms with Crippen molar-refractivity contribution in [1.82, 2.24) is 9.80 Å². The molecule has 2 aromatic rings. The van der Waals surface area contributed by atoms with Gasteiger partial charge in [0.05, 0.1) is 24.6 Å². The van der Waals surface area contributed by atoms with Gasteiger partial charge in [0, 0.05) is 18.3 Å². The predicted molar refractivity (Wildman–Crippen MR) is 148 cm³/mol. The number of para-hydroxylation sites is 2. The molecule has 0 radical (unpaired) electrons. The molecule has 0 unspecified atom stereocenters. The van der Waals surface area contributed by atoms with E-state index in [9.17, 15) is 19.2 Å². The predicted octanol–water partition coefficient (Wildman–Crippen LogP) is 4.07. The van der Waals surface area contributed by atoms with Crippen molar-refractivity contribution in [1.29, 1.82) is 0 Å². The molecule has 10 nitrogen and oxygen atoms in total. The minimum atomic E-state index is -1.23. The highest BCUT2D eigenvalue weighted by Gasteiger charge is 2.72. The topological polar surface area (TPSA) is 99.7 Å². The summed E-state index contributed by atoms with van der Waals surface area (Å²) in [7, 11) is 0. The third-order valence-corrected chi connectivity index (χ3v) is 10.3. The number of anilines is 2. The van der Waals surface area contributed by atoms with Crippen LogP contribution in [-0.4, -0.2) is 76.5 Å². The van der Waals surface area contributed by atoms with Crippen molar-refractivity contribution in [3.63, 3.8) is 0 Å². The lowest BCUT2D eigenvalue weighted by Gasteiger charge is -2.50. The number of thioether (sulfide) groups is 1. The summed E-state index contributed by atoms with van der Waals surface area (Å²) in [4.78, 5) is 61.1. The van der Waals surface area contributed by atoms with Crippen LogP contribution in [0.4, 0.5) is 21.0 Å². The molecule has 5 aliphatic heterocycles. The summed E-state index contributed by atoms with van der Waals surface area (Å²) < 4.78 is 10.9. The van der Waals surface area contributed by atoms with Crippen LogP contribution < -0.4 is 9.80 Å². The van der Waals surface area contributed by atoms with E-state index in [4.69, 9.17) is 9.47 Å². The van der Waals surface area contributed by atoms with Crippen molar-refractivity contribution in [2.24, 2.45) is 0 Å². The Morgan fingerprint density at radius 1 is 0.875 bits per heavy atom. The van der Waals surface area contributed by atoms with E-state index in [-0.39, 0.29) is 36.9 Å². The van der Waals surface area contributed by atoms with Crippen LogP contribution in [0, 0.1) is 0 Å². The highest BCUT2D eigenvalue weighted by atomic mass is 32.2. The van der Waals surface area contributed by atoms with Crippen LogP contribution in [0.2, 0.25) is 0 Å². The second-order valence-electron chi connectivity index (χ2n) is 10.7. The van der Waals surface area contributed by atoms with Gasteiger partial charge in [-0.3, -0.25) is 24.3 Å². The number of benzene rings is 2. The van der Waals surface area contributed by atoms with E-state index in [0.29, 0.717) is 24.2 Å². The molecule has 6 atom stereocenters. The van der Waals surface area contributed by atoms with Gasteiger partial charge in [0.1, 0.15) is 18.4 Å². The molecule has 5 aliphatic rings. The van der Waals surface area contributed by atoms with Gasteiger partial charge in [-0.25, -0.2) is 9.59 Å². The van der Waals surface area contributed by atoms with Gasteiger partial charge in [0.2, 0.25) is 5.91 Å². The number of carbonyl (C=O) groups excluding carboxylic acids is 4. The Morgan fingerprint density at radius 2 is 1.43 bits per heavy atom. The maximum absolute atomic E-state index is 14.7. The third-order valence-electron chi connectivity index (χ3n) is 9.05. The zero-order valence-electron chi connectivity index (χ0n) is 22.5. The molecule has 7 rings (SSSR count). The summed E-state index contributed by atoms with van der Waals surface area (Å²) in [6.07, 6.45) is 0.174. The monoisotopic (exact) mass is 562 g/mol. The third kappa shape index (κ3) is 3.01. The molecule has 3 fully saturated rings. The molecular weight excluding hydrogens is 532 g/mol. The first-order valence-corrected chi connectivity index (χ1v) is 14.9. The number of ether oxygens (including phenoxy) is 2. The number of hydrogen-bond acceptors (Lipinski definition) is 7. The molecule has 208 valence electrons. The van der Waals surface area contributed by atoms with Crippen LogP contribution in [0.3, 0.4) is 0 Å². The Kier molecular flexibility index (Phi) is 5.61. The fourth-order valence-corrected chi connectivity index (χ4v) is 8.66. The van der Waals surface area contributed by atoms with Gasteiger partial charge in [0.15, 0.2) is 4.87 Å². The SMILES string of the molecule is CCOC(=O)N1c2ccccc2[C@H]2C[C@H]3C(=O)N4[C@@H]5[C@H](C[C@@]4(SC)C(=O)N3[C@H]21)c1ccccc1N5C(=O)OCC. The van der Waals surface area contributed by atoms with Gasteiger partial charge in [-0.2, -0.15) is 0 Å². The van der Waals surface area contributed by atoms with Crippen molar-refractivity contribution in [2.45, 2.75) is 61.8 Å². The summed E-state index contributed by atoms with van der Waals surface area (Å²) >= 11 is 1.32. The summed E-state index contributed by atoms with van der Waals surface area (Å²) in [6.45, 7) is 3.88. The number of amides is 4. The maximum Gasteiger partial charge on any atom is 0.416 e. The van der Waals surface area contributed by atoms with Crippen LogP contribution in [0.25, 0.3) is 0 Å². The largest absolute Gasteiger partial charge is 0.449 e. The van der Waals surface area contributed by atoms with Crippen molar-refractivity contribution in [2.75, 3.05) is 29.3 Å². The fourth-order valence-electron chi connectivity index (χ4n) is 7.64. The van der Waals surface area contributed by atoms with Crippen molar-refractivity contribution in [3.05, 3.63) is 59.7 Å². The molecule has 11 heteroatoms. The smallest absolute Gasteiger partial charge is 0.416 e. The molecule has 4 amide bonds. The van der Waals surface area contributed by atoms with E-state index < -0.39 is 35.4 Å². The summed E-state index contributed by atoms with van der Waals surface area (Å²) in [6, 6.07) is 14.4. The normalized spacial score (nSPS) is 30.9. The van der Waals surface area contributed by atoms with Crippen molar-refractivity contribution in [3.8, 4) is 0 Å². The zero-order valence-corrected chi connectivity index (χ0v) is 23.3. The van der Waals surface area contributed by atoms with E-state index in [1.165, 1.54) is 11.8 Å². The van der Waals surface area contributed by atoms with Gasteiger partial charge in [-0.1, -0.05) is 36.4 Å². The molecule has 40 heavy (non-hydrogen) atoms. The van der Waals surface area contributed by atoms with Crippen molar-refractivity contribution < 1.29 is 28.7 Å². The fraction of sp³-hybridized carbons (Fsp3) is 0.448. The average Bonchev–Trinajstić information content (AvgIpc) is 3.67. The lowest BCUT2D eigenvalue weighted by Crippen LogP contribution is -2.72. The summed E-state index contributed by atoms with van der Waals surface area (Å²) in [5.41, 5.74) is 3.26. The molecule has 0 bridgehead atoms. The van der Waals surface area contributed by atoms with Crippen LogP contribution in [0.15, 0.2) is 48.5 Å². The van der Waals surface area contributed by atoms with Crippen LogP contribution in [-0.2, 0) is 19.1 Å². The molecule has 0 N–H and O–H groups in total. The molecular formula is C29H30N4O6S. The molecule has 0 aliphatic carbocycles. The number of hydrogen-bond donors (Lipinski definition) is 0. The minimum Gasteiger partial charge on any atom is -0.449 e. The van der Waals surface area contributed by atoms with Crippen LogP contribution >= 0.6 is 11.8 Å². The quantitative estimate of drug-likeness (QED) is 0.556. The standard InChI is InChI=1S/C29H30N4O6S/c1-4-38-27(36)31-20-12-8-6-10-16(20)18-14-22-25(34)33-24-19(15-29(33,40-3)26(35)30(22)23(18)31)17-11-7-9-13-21(17)32(24)28(37)39-5-2/h6-13,18-19,22-24H,4-5,14-15H2,1-3H3/t18-,19-,22+,23+,24-,29-/m1/s1. The van der Waals surface area contributed by atoms with Gasteiger partial charge in [-0.05, 0) is 49.8 Å². The molecule has 2 aromatic carbocycles. The number of carbonyl (C=O) groups is 4. The Balaban J connectivity index is 1.34. The van der Waals surface area contributed by atoms with E-state index >= 15 is 0 Å². The second-order valence-corrected chi connectivity index (χ2v) is 11.7. The Labute approximate surface area is 236 Å². The van der Waals surface area contributed by atoms with E-state index in [2.05, 4.69) is 0 Å². The summed E-state index contributed by atoms with van der Waals surface area (Å²) in [5.74, 6) is -0.900. The average molecular weight is 563 g/mol. The van der Waals surface area contributed by atoms with Gasteiger partial charge in [-0.15, -0.1) is 11.8 Å². The summed E-state index contributed by atoms with van der Waals surface area (Å²) in [5, 5.41) is 0. The number of nitrogens with zero attached hydrogens (tertiary/aromatic N) is 4. The molecule has 0 saturated carbocycles. The molecule has 5 heterocycles. The Bertz CT molecular complexity index is 1450. The zero-order chi connectivity index (χ0) is 27.9. The molecule has 0 spiro atoms. The van der Waals surface area contributed by atoms with E-state index in [1.54, 1.807) is 33.4 Å². The lowest BCUT2D eigenvalue weighted by molar-refractivity contribution is -0.163. The minimum absolute atomic E-state index is 0.193. The second kappa shape index (κ2) is 8.89. The van der Waals surface area contributed by atoms with Crippen LogP contribution in [0.5, 0.6) is 0 Å². The Hall–Kier alpha value is -3.73. The number of rotatable bonds is 3. The van der Waals surface area contributed by atoms with E-state index in [0.717, 1.165) is 11.1 Å².